The number of hydrogen-bond donors (Lipinski definition) is 1. The Balaban J connectivity index is 2.36. The van der Waals surface area contributed by atoms with Gasteiger partial charge in [-0.25, -0.2) is 4.39 Å². The van der Waals surface area contributed by atoms with Gasteiger partial charge >= 0.3 is 0 Å². The lowest BCUT2D eigenvalue weighted by atomic mass is 10.1. The molecule has 90 valence electrons. The van der Waals surface area contributed by atoms with Crippen LogP contribution < -0.4 is 0 Å². The minimum atomic E-state index is -0.979. The molecule has 0 bridgehead atoms. The summed E-state index contributed by atoms with van der Waals surface area (Å²) >= 11 is 6.44. The van der Waals surface area contributed by atoms with Crippen LogP contribution in [0.1, 0.15) is 23.0 Å². The van der Waals surface area contributed by atoms with Crippen LogP contribution in [0.4, 0.5) is 4.39 Å². The zero-order valence-corrected chi connectivity index (χ0v) is 12.0. The van der Waals surface area contributed by atoms with Gasteiger partial charge in [-0.3, -0.25) is 0 Å². The van der Waals surface area contributed by atoms with Crippen molar-refractivity contribution in [2.24, 2.45) is 0 Å². The van der Waals surface area contributed by atoms with E-state index in [0.717, 1.165) is 0 Å². The molecular formula is C12H9Br2FO2. The van der Waals surface area contributed by atoms with Crippen LogP contribution in [0.3, 0.4) is 0 Å². The molecule has 1 atom stereocenters. The molecule has 1 aromatic carbocycles. The number of furan rings is 1. The molecule has 0 radical (unpaired) electrons. The van der Waals surface area contributed by atoms with Crippen LogP contribution >= 0.6 is 31.9 Å². The van der Waals surface area contributed by atoms with E-state index < -0.39 is 6.10 Å². The molecule has 1 heterocycles. The van der Waals surface area contributed by atoms with Gasteiger partial charge in [0.25, 0.3) is 0 Å². The summed E-state index contributed by atoms with van der Waals surface area (Å²) in [5.74, 6) is 0.0123. The quantitative estimate of drug-likeness (QED) is 0.861. The second-order valence-corrected chi connectivity index (χ2v) is 5.26. The molecule has 0 aliphatic heterocycles. The predicted octanol–water partition coefficient (Wildman–Crippen LogP) is 4.33. The number of benzene rings is 1. The SMILES string of the molecule is Cc1ccc(C(O)c2cc(Br)c(Br)o2)cc1F. The van der Waals surface area contributed by atoms with Crippen molar-refractivity contribution in [3.8, 4) is 0 Å². The van der Waals surface area contributed by atoms with Gasteiger partial charge in [-0.15, -0.1) is 0 Å². The second kappa shape index (κ2) is 4.92. The van der Waals surface area contributed by atoms with Crippen molar-refractivity contribution in [1.82, 2.24) is 0 Å². The molecule has 0 aliphatic rings. The molecule has 2 aromatic rings. The van der Waals surface area contributed by atoms with Crippen molar-refractivity contribution in [1.29, 1.82) is 0 Å². The number of hydrogen-bond acceptors (Lipinski definition) is 2. The zero-order valence-electron chi connectivity index (χ0n) is 8.88. The van der Waals surface area contributed by atoms with Crippen molar-refractivity contribution in [2.45, 2.75) is 13.0 Å². The van der Waals surface area contributed by atoms with E-state index in [4.69, 9.17) is 4.42 Å². The maximum Gasteiger partial charge on any atom is 0.183 e. The summed E-state index contributed by atoms with van der Waals surface area (Å²) in [7, 11) is 0. The molecule has 0 spiro atoms. The summed E-state index contributed by atoms with van der Waals surface area (Å²) in [6.45, 7) is 1.67. The zero-order chi connectivity index (χ0) is 12.6. The van der Waals surface area contributed by atoms with Gasteiger partial charge in [0.05, 0.1) is 4.47 Å². The number of aryl methyl sites for hydroxylation is 1. The van der Waals surface area contributed by atoms with Crippen LogP contribution in [-0.2, 0) is 0 Å². The largest absolute Gasteiger partial charge is 0.450 e. The minimum Gasteiger partial charge on any atom is -0.450 e. The van der Waals surface area contributed by atoms with Gasteiger partial charge in [-0.05, 0) is 62.0 Å². The summed E-state index contributed by atoms with van der Waals surface area (Å²) in [6.07, 6.45) is -0.979. The standard InChI is InChI=1S/C12H9Br2FO2/c1-6-2-3-7(4-9(6)15)11(16)10-5-8(13)12(14)17-10/h2-5,11,16H,1H3. The molecule has 0 saturated carbocycles. The third-order valence-corrected chi connectivity index (χ3v) is 4.16. The molecule has 0 aliphatic carbocycles. The monoisotopic (exact) mass is 362 g/mol. The van der Waals surface area contributed by atoms with E-state index >= 15 is 0 Å². The van der Waals surface area contributed by atoms with E-state index in [1.165, 1.54) is 6.07 Å². The van der Waals surface area contributed by atoms with Gasteiger partial charge in [0, 0.05) is 0 Å². The Bertz CT molecular complexity index is 532. The Morgan fingerprint density at radius 3 is 2.53 bits per heavy atom. The van der Waals surface area contributed by atoms with Crippen LogP contribution in [0.2, 0.25) is 0 Å². The van der Waals surface area contributed by atoms with E-state index in [9.17, 15) is 9.50 Å². The molecule has 0 amide bonds. The Morgan fingerprint density at radius 2 is 2.00 bits per heavy atom. The summed E-state index contributed by atoms with van der Waals surface area (Å²) in [5.41, 5.74) is 1.00. The lowest BCUT2D eigenvalue weighted by Crippen LogP contribution is -1.99. The number of aliphatic hydroxyl groups is 1. The van der Waals surface area contributed by atoms with Crippen molar-refractivity contribution in [3.63, 3.8) is 0 Å². The normalized spacial score (nSPS) is 12.8. The Kier molecular flexibility index (Phi) is 3.70. The molecule has 1 N–H and O–H groups in total. The first kappa shape index (κ1) is 12.8. The first-order valence-electron chi connectivity index (χ1n) is 4.88. The third-order valence-electron chi connectivity index (χ3n) is 2.45. The van der Waals surface area contributed by atoms with Crippen LogP contribution in [-0.4, -0.2) is 5.11 Å². The van der Waals surface area contributed by atoms with Crippen LogP contribution in [0, 0.1) is 12.7 Å². The first-order chi connectivity index (χ1) is 7.99. The fourth-order valence-corrected chi connectivity index (χ4v) is 2.05. The fraction of sp³-hybridized carbons (Fsp3) is 0.167. The third kappa shape index (κ3) is 2.61. The number of halogens is 3. The Labute approximate surface area is 115 Å². The van der Waals surface area contributed by atoms with Crippen molar-refractivity contribution in [3.05, 3.63) is 56.1 Å². The molecule has 0 saturated heterocycles. The van der Waals surface area contributed by atoms with E-state index in [1.807, 2.05) is 0 Å². The van der Waals surface area contributed by atoms with E-state index in [0.29, 0.717) is 26.0 Å². The average molecular weight is 364 g/mol. The minimum absolute atomic E-state index is 0.341. The van der Waals surface area contributed by atoms with E-state index in [2.05, 4.69) is 31.9 Å². The predicted molar refractivity (Wildman–Crippen MR) is 69.3 cm³/mol. The van der Waals surface area contributed by atoms with Crippen LogP contribution in [0.15, 0.2) is 37.8 Å². The van der Waals surface area contributed by atoms with Crippen molar-refractivity contribution < 1.29 is 13.9 Å². The molecule has 5 heteroatoms. The van der Waals surface area contributed by atoms with Crippen LogP contribution in [0.25, 0.3) is 0 Å². The molecule has 0 fully saturated rings. The summed E-state index contributed by atoms with van der Waals surface area (Å²) in [5, 5.41) is 10.0. The summed E-state index contributed by atoms with van der Waals surface area (Å²) < 4.78 is 19.9. The first-order valence-corrected chi connectivity index (χ1v) is 6.46. The fourth-order valence-electron chi connectivity index (χ4n) is 1.44. The number of rotatable bonds is 2. The lowest BCUT2D eigenvalue weighted by Gasteiger charge is -2.08. The molecule has 2 nitrogen and oxygen atoms in total. The smallest absolute Gasteiger partial charge is 0.183 e. The average Bonchev–Trinajstić information content (AvgIpc) is 2.62. The van der Waals surface area contributed by atoms with Crippen LogP contribution in [0.5, 0.6) is 0 Å². The van der Waals surface area contributed by atoms with Gasteiger partial charge in [0.15, 0.2) is 4.67 Å². The van der Waals surface area contributed by atoms with E-state index in [1.54, 1.807) is 25.1 Å². The maximum absolute atomic E-state index is 13.4. The summed E-state index contributed by atoms with van der Waals surface area (Å²) in [4.78, 5) is 0. The Morgan fingerprint density at radius 1 is 1.29 bits per heavy atom. The highest BCUT2D eigenvalue weighted by Crippen LogP contribution is 2.32. The van der Waals surface area contributed by atoms with E-state index in [-0.39, 0.29) is 5.82 Å². The van der Waals surface area contributed by atoms with Gasteiger partial charge in [-0.2, -0.15) is 0 Å². The number of aliphatic hydroxyl groups excluding tert-OH is 1. The maximum atomic E-state index is 13.4. The topological polar surface area (TPSA) is 33.4 Å². The molecular weight excluding hydrogens is 355 g/mol. The highest BCUT2D eigenvalue weighted by atomic mass is 79.9. The van der Waals surface area contributed by atoms with Gasteiger partial charge in [-0.1, -0.05) is 12.1 Å². The summed E-state index contributed by atoms with van der Waals surface area (Å²) in [6, 6.07) is 6.26. The second-order valence-electron chi connectivity index (χ2n) is 3.68. The lowest BCUT2D eigenvalue weighted by molar-refractivity contribution is 0.187. The molecule has 2 rings (SSSR count). The highest BCUT2D eigenvalue weighted by molar-refractivity contribution is 9.13. The van der Waals surface area contributed by atoms with Crippen molar-refractivity contribution in [2.75, 3.05) is 0 Å². The van der Waals surface area contributed by atoms with Gasteiger partial charge in [0.1, 0.15) is 17.7 Å². The molecule has 1 aromatic heterocycles. The van der Waals surface area contributed by atoms with Gasteiger partial charge < -0.3 is 9.52 Å². The molecule has 1 unspecified atom stereocenters. The van der Waals surface area contributed by atoms with Crippen molar-refractivity contribution >= 4 is 31.9 Å². The van der Waals surface area contributed by atoms with Gasteiger partial charge in [0.2, 0.25) is 0 Å². The Hall–Kier alpha value is -0.650. The molecule has 17 heavy (non-hydrogen) atoms. The highest BCUT2D eigenvalue weighted by Gasteiger charge is 2.17.